The molecule has 1 N–H and O–H groups in total. The minimum absolute atomic E-state index is 0.124. The van der Waals surface area contributed by atoms with Crippen molar-refractivity contribution in [2.75, 3.05) is 38.1 Å². The number of nitrogens with zero attached hydrogens (tertiary/aromatic N) is 2. The van der Waals surface area contributed by atoms with Crippen molar-refractivity contribution in [3.63, 3.8) is 0 Å². The van der Waals surface area contributed by atoms with Crippen LogP contribution in [0.5, 0.6) is 5.75 Å². The van der Waals surface area contributed by atoms with Crippen LogP contribution in [0.15, 0.2) is 53.0 Å². The zero-order chi connectivity index (χ0) is 19.2. The van der Waals surface area contributed by atoms with Gasteiger partial charge in [-0.3, -0.25) is 4.79 Å². The molecule has 6 heteroatoms. The van der Waals surface area contributed by atoms with Crippen LogP contribution in [0.2, 0.25) is 0 Å². The molecule has 0 saturated carbocycles. The number of benzene rings is 2. The molecule has 1 heterocycles. The van der Waals surface area contributed by atoms with Crippen molar-refractivity contribution >= 4 is 27.5 Å². The normalized spacial score (nSPS) is 16.0. The molecule has 2 aromatic carbocycles. The van der Waals surface area contributed by atoms with Crippen LogP contribution in [0, 0.1) is 0 Å². The Morgan fingerprint density at radius 1 is 1.07 bits per heavy atom. The highest BCUT2D eigenvalue weighted by atomic mass is 79.9. The summed E-state index contributed by atoms with van der Waals surface area (Å²) in [4.78, 5) is 17.0. The van der Waals surface area contributed by atoms with E-state index in [1.54, 1.807) is 6.92 Å². The molecule has 0 bridgehead atoms. The first-order valence-corrected chi connectivity index (χ1v) is 10.0. The van der Waals surface area contributed by atoms with E-state index >= 15 is 0 Å². The van der Waals surface area contributed by atoms with Gasteiger partial charge in [0.15, 0.2) is 6.10 Å². The molecule has 0 aliphatic carbocycles. The van der Waals surface area contributed by atoms with Crippen LogP contribution in [0.1, 0.15) is 12.5 Å². The average Bonchev–Trinajstić information content (AvgIpc) is 2.69. The summed E-state index contributed by atoms with van der Waals surface area (Å²) in [6.07, 6.45) is -0.546. The highest BCUT2D eigenvalue weighted by Crippen LogP contribution is 2.18. The SMILES string of the molecule is C[C@@H](Oc1ccc(Br)cc1)C(=O)NCc1ccc(N2CCN(C)CC2)cc1. The van der Waals surface area contributed by atoms with Gasteiger partial charge in [-0.15, -0.1) is 0 Å². The Balaban J connectivity index is 1.47. The lowest BCUT2D eigenvalue weighted by Crippen LogP contribution is -2.44. The topological polar surface area (TPSA) is 44.8 Å². The van der Waals surface area contributed by atoms with Gasteiger partial charge in [-0.2, -0.15) is 0 Å². The van der Waals surface area contributed by atoms with Crippen LogP contribution in [0.3, 0.4) is 0 Å². The molecule has 0 spiro atoms. The fraction of sp³-hybridized carbons (Fsp3) is 0.381. The van der Waals surface area contributed by atoms with Gasteiger partial charge >= 0.3 is 0 Å². The highest BCUT2D eigenvalue weighted by molar-refractivity contribution is 9.10. The molecule has 1 aliphatic heterocycles. The van der Waals surface area contributed by atoms with Crippen molar-refractivity contribution in [1.82, 2.24) is 10.2 Å². The minimum atomic E-state index is -0.546. The maximum atomic E-state index is 12.3. The summed E-state index contributed by atoms with van der Waals surface area (Å²) in [5.41, 5.74) is 2.32. The first kappa shape index (κ1) is 19.7. The van der Waals surface area contributed by atoms with Crippen molar-refractivity contribution in [2.24, 2.45) is 0 Å². The zero-order valence-electron chi connectivity index (χ0n) is 15.8. The van der Waals surface area contributed by atoms with E-state index in [0.29, 0.717) is 12.3 Å². The average molecular weight is 432 g/mol. The lowest BCUT2D eigenvalue weighted by molar-refractivity contribution is -0.127. The molecule has 3 rings (SSSR count). The van der Waals surface area contributed by atoms with Crippen LogP contribution in [-0.4, -0.2) is 50.1 Å². The Morgan fingerprint density at radius 3 is 2.33 bits per heavy atom. The Morgan fingerprint density at radius 2 is 1.70 bits per heavy atom. The molecular weight excluding hydrogens is 406 g/mol. The van der Waals surface area contributed by atoms with E-state index in [1.807, 2.05) is 24.3 Å². The van der Waals surface area contributed by atoms with Gasteiger partial charge in [0.25, 0.3) is 5.91 Å². The number of hydrogen-bond donors (Lipinski definition) is 1. The van der Waals surface area contributed by atoms with Crippen LogP contribution in [-0.2, 0) is 11.3 Å². The quantitative estimate of drug-likeness (QED) is 0.761. The molecule has 0 aromatic heterocycles. The maximum Gasteiger partial charge on any atom is 0.261 e. The van der Waals surface area contributed by atoms with E-state index in [-0.39, 0.29) is 5.91 Å². The molecule has 1 aliphatic rings. The van der Waals surface area contributed by atoms with E-state index in [0.717, 1.165) is 36.2 Å². The zero-order valence-corrected chi connectivity index (χ0v) is 17.4. The van der Waals surface area contributed by atoms with Crippen LogP contribution in [0.4, 0.5) is 5.69 Å². The van der Waals surface area contributed by atoms with Crippen LogP contribution >= 0.6 is 15.9 Å². The number of carbonyl (C=O) groups is 1. The maximum absolute atomic E-state index is 12.3. The largest absolute Gasteiger partial charge is 0.481 e. The summed E-state index contributed by atoms with van der Waals surface area (Å²) < 4.78 is 6.66. The van der Waals surface area contributed by atoms with Gasteiger partial charge in [-0.05, 0) is 55.9 Å². The number of rotatable bonds is 6. The summed E-state index contributed by atoms with van der Waals surface area (Å²) >= 11 is 3.38. The second-order valence-electron chi connectivity index (χ2n) is 6.89. The molecule has 0 radical (unpaired) electrons. The lowest BCUT2D eigenvalue weighted by atomic mass is 10.1. The number of nitrogens with one attached hydrogen (secondary N) is 1. The summed E-state index contributed by atoms with van der Waals surface area (Å²) in [7, 11) is 2.16. The van der Waals surface area contributed by atoms with E-state index in [1.165, 1.54) is 5.69 Å². The highest BCUT2D eigenvalue weighted by Gasteiger charge is 2.15. The molecule has 1 saturated heterocycles. The minimum Gasteiger partial charge on any atom is -0.481 e. The molecular formula is C21H26BrN3O2. The molecule has 2 aromatic rings. The van der Waals surface area contributed by atoms with E-state index < -0.39 is 6.10 Å². The first-order valence-electron chi connectivity index (χ1n) is 9.23. The predicted molar refractivity (Wildman–Crippen MR) is 112 cm³/mol. The summed E-state index contributed by atoms with van der Waals surface area (Å²) in [6.45, 7) is 6.54. The number of piperazine rings is 1. The Labute approximate surface area is 169 Å². The third-order valence-corrected chi connectivity index (χ3v) is 5.30. The van der Waals surface area contributed by atoms with Gasteiger partial charge in [0, 0.05) is 42.9 Å². The number of amides is 1. The number of anilines is 1. The summed E-state index contributed by atoms with van der Waals surface area (Å²) in [6, 6.07) is 15.9. The second kappa shape index (κ2) is 9.24. The Hall–Kier alpha value is -2.05. The van der Waals surface area contributed by atoms with Crippen LogP contribution in [0.25, 0.3) is 0 Å². The monoisotopic (exact) mass is 431 g/mol. The predicted octanol–water partition coefficient (Wildman–Crippen LogP) is 3.28. The van der Waals surface area contributed by atoms with Crippen molar-refractivity contribution < 1.29 is 9.53 Å². The van der Waals surface area contributed by atoms with E-state index in [9.17, 15) is 4.79 Å². The summed E-state index contributed by atoms with van der Waals surface area (Å²) in [5.74, 6) is 0.554. The van der Waals surface area contributed by atoms with Gasteiger partial charge in [0.2, 0.25) is 0 Å². The van der Waals surface area contributed by atoms with Crippen molar-refractivity contribution in [1.29, 1.82) is 0 Å². The fourth-order valence-electron chi connectivity index (χ4n) is 2.99. The van der Waals surface area contributed by atoms with E-state index in [2.05, 4.69) is 62.4 Å². The first-order chi connectivity index (χ1) is 13.0. The molecule has 1 amide bonds. The Bertz CT molecular complexity index is 741. The van der Waals surface area contributed by atoms with Gasteiger partial charge < -0.3 is 19.9 Å². The molecule has 1 atom stereocenters. The Kier molecular flexibility index (Phi) is 6.74. The number of carbonyl (C=O) groups excluding carboxylic acids is 1. The number of likely N-dealkylation sites (N-methyl/N-ethyl adjacent to an activating group) is 1. The van der Waals surface area contributed by atoms with Crippen LogP contribution < -0.4 is 15.0 Å². The lowest BCUT2D eigenvalue weighted by Gasteiger charge is -2.34. The number of hydrogen-bond acceptors (Lipinski definition) is 4. The third-order valence-electron chi connectivity index (χ3n) is 4.77. The van der Waals surface area contributed by atoms with Gasteiger partial charge in [-0.1, -0.05) is 28.1 Å². The van der Waals surface area contributed by atoms with Gasteiger partial charge in [0.05, 0.1) is 0 Å². The standard InChI is InChI=1S/C21H26BrN3O2/c1-16(27-20-9-5-18(22)6-10-20)21(26)23-15-17-3-7-19(8-4-17)25-13-11-24(2)12-14-25/h3-10,16H,11-15H2,1-2H3,(H,23,26)/t16-/m1/s1. The molecule has 144 valence electrons. The molecule has 0 unspecified atom stereocenters. The third kappa shape index (κ3) is 5.71. The molecule has 27 heavy (non-hydrogen) atoms. The second-order valence-corrected chi connectivity index (χ2v) is 7.80. The number of ether oxygens (including phenoxy) is 1. The number of halogens is 1. The molecule has 5 nitrogen and oxygen atoms in total. The van der Waals surface area contributed by atoms with Crippen molar-refractivity contribution in [3.05, 3.63) is 58.6 Å². The van der Waals surface area contributed by atoms with Gasteiger partial charge in [0.1, 0.15) is 5.75 Å². The van der Waals surface area contributed by atoms with Crippen molar-refractivity contribution in [2.45, 2.75) is 19.6 Å². The fourth-order valence-corrected chi connectivity index (χ4v) is 3.26. The van der Waals surface area contributed by atoms with E-state index in [4.69, 9.17) is 4.74 Å². The van der Waals surface area contributed by atoms with Crippen molar-refractivity contribution in [3.8, 4) is 5.75 Å². The summed E-state index contributed by atoms with van der Waals surface area (Å²) in [5, 5.41) is 2.94. The molecule has 1 fully saturated rings. The smallest absolute Gasteiger partial charge is 0.261 e. The van der Waals surface area contributed by atoms with Gasteiger partial charge in [-0.25, -0.2) is 0 Å².